The van der Waals surface area contributed by atoms with Crippen LogP contribution in [0.5, 0.6) is 0 Å². The van der Waals surface area contributed by atoms with E-state index < -0.39 is 0 Å². The highest BCUT2D eigenvalue weighted by Crippen LogP contribution is 2.33. The molecule has 4 N–H and O–H groups in total. The van der Waals surface area contributed by atoms with Gasteiger partial charge in [-0.3, -0.25) is 4.79 Å². The molecular weight excluding hydrogens is 240 g/mol. The quantitative estimate of drug-likeness (QED) is 0.752. The first-order chi connectivity index (χ1) is 9.25. The Labute approximate surface area is 111 Å². The fraction of sp³-hybridized carbons (Fsp3) is 0.286. The predicted molar refractivity (Wildman–Crippen MR) is 71.3 cm³/mol. The molecule has 0 aliphatic heterocycles. The number of rotatable bonds is 4. The molecule has 1 heterocycles. The van der Waals surface area contributed by atoms with E-state index in [1.54, 1.807) is 12.4 Å². The molecule has 1 amide bonds. The zero-order chi connectivity index (χ0) is 13.2. The summed E-state index contributed by atoms with van der Waals surface area (Å²) in [5.41, 5.74) is 7.80. The number of nitrogens with two attached hydrogens (primary N) is 1. The second-order valence-corrected chi connectivity index (χ2v) is 4.81. The first-order valence-electron chi connectivity index (χ1n) is 6.34. The maximum atomic E-state index is 11.7. The molecule has 19 heavy (non-hydrogen) atoms. The molecule has 1 aromatic heterocycles. The molecule has 1 aliphatic carbocycles. The van der Waals surface area contributed by atoms with Crippen LogP contribution in [-0.2, 0) is 17.8 Å². The van der Waals surface area contributed by atoms with Crippen molar-refractivity contribution < 1.29 is 4.79 Å². The minimum absolute atomic E-state index is 0.0417. The number of primary amides is 1. The number of benzene rings is 1. The zero-order valence-corrected chi connectivity index (χ0v) is 10.5. The van der Waals surface area contributed by atoms with E-state index >= 15 is 0 Å². The molecule has 5 heteroatoms. The van der Waals surface area contributed by atoms with Gasteiger partial charge in [-0.2, -0.15) is 0 Å². The molecule has 2 atom stereocenters. The minimum atomic E-state index is -0.276. The lowest BCUT2D eigenvalue weighted by molar-refractivity contribution is -0.119. The van der Waals surface area contributed by atoms with Gasteiger partial charge in [-0.05, 0) is 17.5 Å². The lowest BCUT2D eigenvalue weighted by Crippen LogP contribution is -2.38. The summed E-state index contributed by atoms with van der Waals surface area (Å²) < 4.78 is 0. The number of H-pyrrole nitrogens is 1. The summed E-state index contributed by atoms with van der Waals surface area (Å²) in [5.74, 6) is 0.326. The monoisotopic (exact) mass is 256 g/mol. The number of hydrogen-bond donors (Lipinski definition) is 3. The molecule has 1 aliphatic rings. The van der Waals surface area contributed by atoms with Crippen molar-refractivity contribution in [1.82, 2.24) is 15.3 Å². The minimum Gasteiger partial charge on any atom is -0.369 e. The van der Waals surface area contributed by atoms with E-state index in [-0.39, 0.29) is 17.9 Å². The molecular formula is C14H16N4O. The van der Waals surface area contributed by atoms with Crippen molar-refractivity contribution >= 4 is 5.91 Å². The lowest BCUT2D eigenvalue weighted by Gasteiger charge is -2.18. The average molecular weight is 256 g/mol. The van der Waals surface area contributed by atoms with Crippen molar-refractivity contribution in [2.24, 2.45) is 5.73 Å². The van der Waals surface area contributed by atoms with Gasteiger partial charge in [-0.15, -0.1) is 0 Å². The van der Waals surface area contributed by atoms with Crippen LogP contribution in [0.4, 0.5) is 0 Å². The highest BCUT2D eigenvalue weighted by atomic mass is 16.1. The van der Waals surface area contributed by atoms with Crippen molar-refractivity contribution in [2.75, 3.05) is 0 Å². The van der Waals surface area contributed by atoms with Crippen LogP contribution in [0.3, 0.4) is 0 Å². The van der Waals surface area contributed by atoms with Gasteiger partial charge in [0, 0.05) is 18.4 Å². The smallest absolute Gasteiger partial charge is 0.226 e. The Morgan fingerprint density at radius 1 is 1.47 bits per heavy atom. The number of carbonyl (C=O) groups excluding carboxylic acids is 1. The number of fused-ring (bicyclic) bond motifs is 1. The standard InChI is InChI=1S/C14H16N4O/c15-14(19)13-10-4-2-1-3-9(10)7-11(13)18-8-12-16-5-6-17-12/h1-6,11,13,18H,7-8H2,(H2,15,19)(H,16,17). The van der Waals surface area contributed by atoms with Crippen molar-refractivity contribution in [3.05, 3.63) is 53.6 Å². The van der Waals surface area contributed by atoms with Gasteiger partial charge < -0.3 is 16.0 Å². The van der Waals surface area contributed by atoms with Crippen molar-refractivity contribution in [2.45, 2.75) is 24.9 Å². The number of amides is 1. The Kier molecular flexibility index (Phi) is 3.05. The molecule has 0 saturated heterocycles. The summed E-state index contributed by atoms with van der Waals surface area (Å²) in [6, 6.07) is 8.02. The molecule has 98 valence electrons. The van der Waals surface area contributed by atoms with E-state index in [9.17, 15) is 4.79 Å². The number of aromatic amines is 1. The molecule has 0 spiro atoms. The number of imidazole rings is 1. The second kappa shape index (κ2) is 4.85. The van der Waals surface area contributed by atoms with E-state index in [4.69, 9.17) is 5.73 Å². The van der Waals surface area contributed by atoms with Crippen molar-refractivity contribution in [3.63, 3.8) is 0 Å². The number of nitrogens with zero attached hydrogens (tertiary/aromatic N) is 1. The Morgan fingerprint density at radius 3 is 3.05 bits per heavy atom. The number of nitrogens with one attached hydrogen (secondary N) is 2. The van der Waals surface area contributed by atoms with Gasteiger partial charge in [0.15, 0.2) is 0 Å². The summed E-state index contributed by atoms with van der Waals surface area (Å²) in [5, 5.41) is 3.37. The molecule has 0 saturated carbocycles. The third kappa shape index (κ3) is 2.24. The SMILES string of the molecule is NC(=O)C1c2ccccc2CC1NCc1ncc[nH]1. The van der Waals surface area contributed by atoms with Gasteiger partial charge in [-0.1, -0.05) is 24.3 Å². The topological polar surface area (TPSA) is 83.8 Å². The average Bonchev–Trinajstić information content (AvgIpc) is 3.03. The first kappa shape index (κ1) is 11.9. The highest BCUT2D eigenvalue weighted by Gasteiger charge is 2.35. The van der Waals surface area contributed by atoms with Crippen LogP contribution in [0.15, 0.2) is 36.7 Å². The van der Waals surface area contributed by atoms with Crippen molar-refractivity contribution in [3.8, 4) is 0 Å². The Morgan fingerprint density at radius 2 is 2.32 bits per heavy atom. The Balaban J connectivity index is 1.77. The highest BCUT2D eigenvalue weighted by molar-refractivity contribution is 5.84. The summed E-state index contributed by atoms with van der Waals surface area (Å²) in [6.07, 6.45) is 4.32. The number of hydrogen-bond acceptors (Lipinski definition) is 3. The zero-order valence-electron chi connectivity index (χ0n) is 10.5. The van der Waals surface area contributed by atoms with Crippen LogP contribution in [0.2, 0.25) is 0 Å². The third-order valence-electron chi connectivity index (χ3n) is 3.63. The molecule has 2 aromatic rings. The van der Waals surface area contributed by atoms with Crippen LogP contribution in [0, 0.1) is 0 Å². The Hall–Kier alpha value is -2.14. The molecule has 2 unspecified atom stereocenters. The maximum Gasteiger partial charge on any atom is 0.226 e. The largest absolute Gasteiger partial charge is 0.369 e. The molecule has 5 nitrogen and oxygen atoms in total. The maximum absolute atomic E-state index is 11.7. The van der Waals surface area contributed by atoms with Gasteiger partial charge in [0.25, 0.3) is 0 Å². The van der Waals surface area contributed by atoms with Gasteiger partial charge in [0.1, 0.15) is 5.82 Å². The van der Waals surface area contributed by atoms with Crippen LogP contribution < -0.4 is 11.1 Å². The normalized spacial score (nSPS) is 21.3. The molecule has 0 fully saturated rings. The van der Waals surface area contributed by atoms with Gasteiger partial charge in [-0.25, -0.2) is 4.98 Å². The number of carbonyl (C=O) groups is 1. The molecule has 1 aromatic carbocycles. The fourth-order valence-electron chi connectivity index (χ4n) is 2.76. The summed E-state index contributed by atoms with van der Waals surface area (Å²) in [6.45, 7) is 0.607. The van der Waals surface area contributed by atoms with Crippen LogP contribution in [0.1, 0.15) is 22.9 Å². The van der Waals surface area contributed by atoms with Crippen molar-refractivity contribution in [1.29, 1.82) is 0 Å². The van der Waals surface area contributed by atoms with E-state index in [2.05, 4.69) is 21.4 Å². The lowest BCUT2D eigenvalue weighted by atomic mass is 9.98. The summed E-state index contributed by atoms with van der Waals surface area (Å²) in [7, 11) is 0. The van der Waals surface area contributed by atoms with Gasteiger partial charge in [0.2, 0.25) is 5.91 Å². The van der Waals surface area contributed by atoms with Gasteiger partial charge in [0.05, 0.1) is 12.5 Å². The number of aromatic nitrogens is 2. The molecule has 0 radical (unpaired) electrons. The van der Waals surface area contributed by atoms with E-state index in [1.807, 2.05) is 18.2 Å². The van der Waals surface area contributed by atoms with E-state index in [0.717, 1.165) is 17.8 Å². The second-order valence-electron chi connectivity index (χ2n) is 4.81. The van der Waals surface area contributed by atoms with E-state index in [0.29, 0.717) is 6.54 Å². The summed E-state index contributed by atoms with van der Waals surface area (Å²) >= 11 is 0. The van der Waals surface area contributed by atoms with Gasteiger partial charge >= 0.3 is 0 Å². The van der Waals surface area contributed by atoms with Crippen LogP contribution >= 0.6 is 0 Å². The summed E-state index contributed by atoms with van der Waals surface area (Å²) in [4.78, 5) is 18.9. The first-order valence-corrected chi connectivity index (χ1v) is 6.34. The van der Waals surface area contributed by atoms with E-state index in [1.165, 1.54) is 5.56 Å². The van der Waals surface area contributed by atoms with Crippen LogP contribution in [-0.4, -0.2) is 21.9 Å². The third-order valence-corrected chi connectivity index (χ3v) is 3.63. The van der Waals surface area contributed by atoms with Crippen LogP contribution in [0.25, 0.3) is 0 Å². The fourth-order valence-corrected chi connectivity index (χ4v) is 2.76. The molecule has 0 bridgehead atoms. The Bertz CT molecular complexity index is 579. The molecule has 3 rings (SSSR count). The predicted octanol–water partition coefficient (Wildman–Crippen LogP) is 0.693.